The van der Waals surface area contributed by atoms with E-state index < -0.39 is 6.10 Å². The third kappa shape index (κ3) is 4.05. The minimum absolute atomic E-state index is 0.102. The van der Waals surface area contributed by atoms with E-state index in [1.54, 1.807) is 0 Å². The molecule has 2 N–H and O–H groups in total. The summed E-state index contributed by atoms with van der Waals surface area (Å²) in [5.74, 6) is -0.102. The second-order valence-corrected chi connectivity index (χ2v) is 6.22. The summed E-state index contributed by atoms with van der Waals surface area (Å²) in [5.41, 5.74) is 1.68. The van der Waals surface area contributed by atoms with Crippen LogP contribution in [0.2, 0.25) is 0 Å². The topological polar surface area (TPSA) is 49.3 Å². The van der Waals surface area contributed by atoms with Gasteiger partial charge in [-0.2, -0.15) is 0 Å². The highest BCUT2D eigenvalue weighted by atomic mass is 79.9. The quantitative estimate of drug-likeness (QED) is 0.820. The first kappa shape index (κ1) is 14.5. The number of benzene rings is 1. The Morgan fingerprint density at radius 1 is 1.26 bits per heavy atom. The zero-order valence-electron chi connectivity index (χ0n) is 11.2. The lowest BCUT2D eigenvalue weighted by Gasteiger charge is -2.21. The lowest BCUT2D eigenvalue weighted by Crippen LogP contribution is -2.42. The van der Waals surface area contributed by atoms with Crippen molar-refractivity contribution < 1.29 is 9.90 Å². The molecule has 0 radical (unpaired) electrons. The van der Waals surface area contributed by atoms with Crippen LogP contribution in [-0.4, -0.2) is 23.2 Å². The Kier molecular flexibility index (Phi) is 4.99. The number of aliphatic hydroxyl groups excluding tert-OH is 1. The fourth-order valence-corrected chi connectivity index (χ4v) is 3.18. The van der Waals surface area contributed by atoms with E-state index >= 15 is 0 Å². The van der Waals surface area contributed by atoms with Gasteiger partial charge in [0.1, 0.15) is 0 Å². The first-order chi connectivity index (χ1) is 9.06. The molecule has 1 saturated carbocycles. The molecule has 1 fully saturated rings. The Bertz CT molecular complexity index is 441. The molecule has 3 nitrogen and oxygen atoms in total. The number of halogens is 1. The van der Waals surface area contributed by atoms with Crippen molar-refractivity contribution in [1.29, 1.82) is 0 Å². The van der Waals surface area contributed by atoms with Gasteiger partial charge in [-0.05, 0) is 43.5 Å². The third-order valence-electron chi connectivity index (χ3n) is 3.60. The summed E-state index contributed by atoms with van der Waals surface area (Å²) in [4.78, 5) is 12.2. The van der Waals surface area contributed by atoms with Gasteiger partial charge in [-0.3, -0.25) is 4.79 Å². The highest BCUT2D eigenvalue weighted by Crippen LogP contribution is 2.19. The molecule has 19 heavy (non-hydrogen) atoms. The maximum atomic E-state index is 12.2. The minimum atomic E-state index is -0.417. The SMILES string of the molecule is Cc1cc(Br)cc(C(=O)NC2CCCCCC2O)c1. The molecular formula is C15H20BrNO2. The van der Waals surface area contributed by atoms with Crippen LogP contribution in [-0.2, 0) is 0 Å². The zero-order valence-corrected chi connectivity index (χ0v) is 12.7. The summed E-state index contributed by atoms with van der Waals surface area (Å²) in [6.07, 6.45) is 4.48. The predicted molar refractivity (Wildman–Crippen MR) is 79.2 cm³/mol. The number of nitrogens with one attached hydrogen (secondary N) is 1. The molecule has 0 aliphatic heterocycles. The fourth-order valence-electron chi connectivity index (χ4n) is 2.58. The molecule has 2 unspecified atom stereocenters. The lowest BCUT2D eigenvalue weighted by atomic mass is 10.0. The molecule has 0 heterocycles. The Balaban J connectivity index is 2.07. The van der Waals surface area contributed by atoms with Crippen LogP contribution in [0.4, 0.5) is 0 Å². The Morgan fingerprint density at radius 3 is 2.74 bits per heavy atom. The fraction of sp³-hybridized carbons (Fsp3) is 0.533. The Labute approximate surface area is 122 Å². The van der Waals surface area contributed by atoms with E-state index in [9.17, 15) is 9.90 Å². The van der Waals surface area contributed by atoms with E-state index in [0.717, 1.165) is 42.1 Å². The molecule has 0 spiro atoms. The molecule has 1 aliphatic rings. The number of hydrogen-bond donors (Lipinski definition) is 2. The van der Waals surface area contributed by atoms with Crippen LogP contribution in [0.15, 0.2) is 22.7 Å². The number of aliphatic hydroxyl groups is 1. The molecule has 1 aromatic rings. The highest BCUT2D eigenvalue weighted by Gasteiger charge is 2.23. The summed E-state index contributed by atoms with van der Waals surface area (Å²) in [6.45, 7) is 1.96. The van der Waals surface area contributed by atoms with E-state index in [2.05, 4.69) is 21.2 Å². The zero-order chi connectivity index (χ0) is 13.8. The average molecular weight is 326 g/mol. The first-order valence-electron chi connectivity index (χ1n) is 6.82. The smallest absolute Gasteiger partial charge is 0.251 e. The predicted octanol–water partition coefficient (Wildman–Crippen LogP) is 3.18. The van der Waals surface area contributed by atoms with Crippen molar-refractivity contribution in [2.75, 3.05) is 0 Å². The molecular weight excluding hydrogens is 306 g/mol. The van der Waals surface area contributed by atoms with Crippen molar-refractivity contribution in [3.63, 3.8) is 0 Å². The number of hydrogen-bond acceptors (Lipinski definition) is 2. The molecule has 1 aromatic carbocycles. The van der Waals surface area contributed by atoms with Crippen molar-refractivity contribution in [3.05, 3.63) is 33.8 Å². The number of carbonyl (C=O) groups is 1. The number of amides is 1. The molecule has 0 aromatic heterocycles. The van der Waals surface area contributed by atoms with Gasteiger partial charge in [0.05, 0.1) is 12.1 Å². The van der Waals surface area contributed by atoms with Crippen molar-refractivity contribution in [2.45, 2.75) is 51.2 Å². The molecule has 1 aliphatic carbocycles. The molecule has 1 amide bonds. The van der Waals surface area contributed by atoms with Crippen molar-refractivity contribution in [1.82, 2.24) is 5.32 Å². The van der Waals surface area contributed by atoms with E-state index in [4.69, 9.17) is 0 Å². The van der Waals surface area contributed by atoms with Crippen LogP contribution in [0.25, 0.3) is 0 Å². The number of aryl methyl sites for hydroxylation is 1. The molecule has 4 heteroatoms. The van der Waals surface area contributed by atoms with Gasteiger partial charge in [-0.15, -0.1) is 0 Å². The average Bonchev–Trinajstić information content (AvgIpc) is 2.54. The van der Waals surface area contributed by atoms with Crippen LogP contribution >= 0.6 is 15.9 Å². The van der Waals surface area contributed by atoms with Crippen molar-refractivity contribution in [3.8, 4) is 0 Å². The second kappa shape index (κ2) is 6.53. The lowest BCUT2D eigenvalue weighted by molar-refractivity contribution is 0.0818. The highest BCUT2D eigenvalue weighted by molar-refractivity contribution is 9.10. The van der Waals surface area contributed by atoms with Gasteiger partial charge < -0.3 is 10.4 Å². The standard InChI is InChI=1S/C15H20BrNO2/c1-10-7-11(9-12(16)8-10)15(19)17-13-5-3-2-4-6-14(13)18/h7-9,13-14,18H,2-6H2,1H3,(H,17,19). The Hall–Kier alpha value is -0.870. The molecule has 0 saturated heterocycles. The van der Waals surface area contributed by atoms with Crippen LogP contribution in [0.3, 0.4) is 0 Å². The van der Waals surface area contributed by atoms with E-state index in [1.165, 1.54) is 0 Å². The van der Waals surface area contributed by atoms with Crippen molar-refractivity contribution >= 4 is 21.8 Å². The van der Waals surface area contributed by atoms with Gasteiger partial charge in [0.25, 0.3) is 5.91 Å². The van der Waals surface area contributed by atoms with Crippen molar-refractivity contribution in [2.24, 2.45) is 0 Å². The minimum Gasteiger partial charge on any atom is -0.391 e. The van der Waals surface area contributed by atoms with Gasteiger partial charge in [-0.25, -0.2) is 0 Å². The van der Waals surface area contributed by atoms with Gasteiger partial charge in [0.2, 0.25) is 0 Å². The van der Waals surface area contributed by atoms with E-state index in [0.29, 0.717) is 5.56 Å². The molecule has 2 atom stereocenters. The first-order valence-corrected chi connectivity index (χ1v) is 7.61. The summed E-state index contributed by atoms with van der Waals surface area (Å²) >= 11 is 3.40. The van der Waals surface area contributed by atoms with Gasteiger partial charge in [0, 0.05) is 10.0 Å². The van der Waals surface area contributed by atoms with Crippen LogP contribution in [0.1, 0.15) is 48.0 Å². The summed E-state index contributed by atoms with van der Waals surface area (Å²) in [6, 6.07) is 5.53. The van der Waals surface area contributed by atoms with Crippen LogP contribution < -0.4 is 5.32 Å². The maximum absolute atomic E-state index is 12.2. The monoisotopic (exact) mass is 325 g/mol. The maximum Gasteiger partial charge on any atom is 0.251 e. The second-order valence-electron chi connectivity index (χ2n) is 5.30. The largest absolute Gasteiger partial charge is 0.391 e. The molecule has 0 bridgehead atoms. The van der Waals surface area contributed by atoms with Crippen LogP contribution in [0.5, 0.6) is 0 Å². The third-order valence-corrected chi connectivity index (χ3v) is 4.06. The summed E-state index contributed by atoms with van der Waals surface area (Å²) in [7, 11) is 0. The van der Waals surface area contributed by atoms with Gasteiger partial charge >= 0.3 is 0 Å². The number of carbonyl (C=O) groups excluding carboxylic acids is 1. The summed E-state index contributed by atoms with van der Waals surface area (Å²) < 4.78 is 0.902. The Morgan fingerprint density at radius 2 is 2.00 bits per heavy atom. The molecule has 2 rings (SSSR count). The van der Waals surface area contributed by atoms with E-state index in [1.807, 2.05) is 25.1 Å². The molecule has 104 valence electrons. The number of rotatable bonds is 2. The normalized spacial score (nSPS) is 23.7. The van der Waals surface area contributed by atoms with Crippen LogP contribution in [0, 0.1) is 6.92 Å². The van der Waals surface area contributed by atoms with E-state index in [-0.39, 0.29) is 11.9 Å². The summed E-state index contributed by atoms with van der Waals surface area (Å²) in [5, 5.41) is 13.0. The van der Waals surface area contributed by atoms with Gasteiger partial charge in [-0.1, -0.05) is 35.2 Å². The van der Waals surface area contributed by atoms with Gasteiger partial charge in [0.15, 0.2) is 0 Å².